The van der Waals surface area contributed by atoms with Crippen LogP contribution < -0.4 is 0 Å². The Morgan fingerprint density at radius 2 is 0.689 bits per heavy atom. The van der Waals surface area contributed by atoms with Gasteiger partial charge in [-0.05, 0) is 325 Å². The lowest BCUT2D eigenvalue weighted by atomic mass is 9.73. The Kier molecular flexibility index (Phi) is 101. The minimum atomic E-state index is -0.252. The standard InChI is InChI=1S/C13H26O.C13H28.C12H24O2.C12H26O.C12H24.2C12H26.C11H24O.C11H22.C11H24.C10H20O/c1-11(2)6-8-13(10-12(3)4)7-5-9-14-13;1-6-7-13(10-12(4)5)9-8-11(2)3;1-10(2)5-6-12(9-11(3)4)13-7-8-14-12;1-10(2)6-7-12(9-13-5)8-11(3)4;1-9(2)11-5-7-12(8-6-11)10(3)4;1-6-12(9-11(4)5)8-7-10(2)3;1-6-12(11(4)5)9-7-8-10(2)3;1-9(2)6-7-11(12-5)8-10(3)4;1-8(2)10-5-6-11(7-10)9(3)4;1-9(2)6-7-11(5)8-10(3)4;1-8(2)5-6-10(11)7-9(3)4/h11-12H,5-10H2,1-4H3;11-13H,6-10H2,1-5H3;10-11H,5-9H2,1-4H3;10-12H,6-9H2,1-5H3;9-12H,5-8H2,1-4H3;2*10-12H,6-9H2,1-5H3;9-11H,6-8H2,1-5H3;8-11H,5-7H2,1-4H3;9-11H,6-8H2,1-5H3;8-9H,5-7H2,1-4H3. The summed E-state index contributed by atoms with van der Waals surface area (Å²) < 4.78 is 28.2. The normalized spacial score (nSPS) is 19.1. The summed E-state index contributed by atoms with van der Waals surface area (Å²) in [6.07, 6.45) is 53.3. The minimum absolute atomic E-state index is 0.248. The SMILES string of the molecule is CC(C)C1CCC(C(C)C)C1.CC(C)C1CCC(C(C)C)CC1.CC(C)CCC(=O)CC(C)C.CC(C)CCC(C)CC(C)C.CC(C)CCC1(CC(C)C)CCCO1.CC(C)CCC1(CC(C)C)OCCO1.CCC(CCC(C)C)CC(C)C.CCC(CCCC(C)C)C(C)C.CCCC(CCC(C)C)CC(C)C.COC(CCC(C)C)CC(C)C.COCC(CCC(C)C)CC(C)C. The fourth-order valence-electron chi connectivity index (χ4n) is 20.5. The van der Waals surface area contributed by atoms with E-state index in [0.29, 0.717) is 29.6 Å². The summed E-state index contributed by atoms with van der Waals surface area (Å²) >= 11 is 0. The average Bonchev–Trinajstić information content (AvgIpc) is 1.71. The first kappa shape index (κ1) is 147. The van der Waals surface area contributed by atoms with E-state index in [2.05, 4.69) is 332 Å². The average molecular weight is 1920 g/mol. The number of rotatable bonds is 56. The van der Waals surface area contributed by atoms with E-state index in [1.165, 1.54) is 225 Å². The molecule has 0 aromatic rings. The molecule has 0 aromatic carbocycles. The molecule has 2 heterocycles. The van der Waals surface area contributed by atoms with Crippen LogP contribution >= 0.6 is 0 Å². The van der Waals surface area contributed by atoms with Crippen LogP contribution in [0.2, 0.25) is 0 Å². The molecule has 0 bridgehead atoms. The molecule has 4 fully saturated rings. The Balaban J connectivity index is -0.000000267. The van der Waals surface area contributed by atoms with Crippen LogP contribution in [-0.2, 0) is 28.5 Å². The third kappa shape index (κ3) is 102. The monoisotopic (exact) mass is 1920 g/mol. The molecular formula is C129H270O6. The smallest absolute Gasteiger partial charge is 0.168 e. The first-order chi connectivity index (χ1) is 62.6. The van der Waals surface area contributed by atoms with Crippen LogP contribution in [0.15, 0.2) is 0 Å². The van der Waals surface area contributed by atoms with Crippen molar-refractivity contribution in [1.82, 2.24) is 0 Å². The number of carbonyl (C=O) groups is 1. The third-order valence-corrected chi connectivity index (χ3v) is 29.1. The van der Waals surface area contributed by atoms with Gasteiger partial charge >= 0.3 is 0 Å². The van der Waals surface area contributed by atoms with Gasteiger partial charge in [0, 0.05) is 53.1 Å². The predicted molar refractivity (Wildman–Crippen MR) is 616 cm³/mol. The first-order valence-corrected chi connectivity index (χ1v) is 60.1. The molecule has 4 aliphatic rings. The molecule has 0 spiro atoms. The molecule has 9 unspecified atom stereocenters. The van der Waals surface area contributed by atoms with Crippen molar-refractivity contribution in [3.63, 3.8) is 0 Å². The Hall–Kier alpha value is -0.530. The molecule has 2 saturated carbocycles. The quantitative estimate of drug-likeness (QED) is 0.0605. The zero-order valence-corrected chi connectivity index (χ0v) is 104. The second-order valence-corrected chi connectivity index (χ2v) is 53.8. The van der Waals surface area contributed by atoms with Gasteiger partial charge in [0.05, 0.1) is 24.9 Å². The van der Waals surface area contributed by atoms with Gasteiger partial charge in [0.25, 0.3) is 0 Å². The number of carbonyl (C=O) groups excluding carboxylic acids is 1. The molecule has 0 radical (unpaired) electrons. The van der Waals surface area contributed by atoms with Gasteiger partial charge in [-0.25, -0.2) is 0 Å². The lowest BCUT2D eigenvalue weighted by molar-refractivity contribution is -0.174. The number of methoxy groups -OCH3 is 2. The summed E-state index contributed by atoms with van der Waals surface area (Å²) in [5.41, 5.74) is 0.248. The summed E-state index contributed by atoms with van der Waals surface area (Å²) in [6.45, 7) is 114. The molecular weight excluding hydrogens is 1650 g/mol. The van der Waals surface area contributed by atoms with Crippen LogP contribution in [0.4, 0.5) is 0 Å². The van der Waals surface area contributed by atoms with Gasteiger partial charge in [-0.3, -0.25) is 4.79 Å². The van der Waals surface area contributed by atoms with E-state index >= 15 is 0 Å². The van der Waals surface area contributed by atoms with E-state index in [9.17, 15) is 4.79 Å². The molecule has 6 heteroatoms. The Bertz CT molecular complexity index is 2230. The van der Waals surface area contributed by atoms with Crippen LogP contribution in [0, 0.1) is 183 Å². The van der Waals surface area contributed by atoms with Crippen molar-refractivity contribution in [2.45, 2.75) is 607 Å². The van der Waals surface area contributed by atoms with E-state index < -0.39 is 0 Å². The summed E-state index contributed by atoms with van der Waals surface area (Å²) in [5, 5.41) is 0. The van der Waals surface area contributed by atoms with Crippen molar-refractivity contribution < 1.29 is 28.5 Å². The highest BCUT2D eigenvalue weighted by Crippen LogP contribution is 2.41. The second kappa shape index (κ2) is 92.1. The van der Waals surface area contributed by atoms with Gasteiger partial charge in [0.1, 0.15) is 5.78 Å². The third-order valence-electron chi connectivity index (χ3n) is 29.1. The van der Waals surface area contributed by atoms with E-state index in [0.717, 1.165) is 224 Å². The molecule has 822 valence electrons. The molecule has 0 aromatic heterocycles. The Labute approximate surface area is 859 Å². The van der Waals surface area contributed by atoms with Crippen molar-refractivity contribution in [3.05, 3.63) is 0 Å². The van der Waals surface area contributed by atoms with Gasteiger partial charge in [0.15, 0.2) is 5.79 Å². The van der Waals surface area contributed by atoms with Gasteiger partial charge in [-0.2, -0.15) is 0 Å². The van der Waals surface area contributed by atoms with Crippen LogP contribution in [0.1, 0.15) is 589 Å². The molecule has 2 saturated heterocycles. The number of hydrogen-bond acceptors (Lipinski definition) is 6. The van der Waals surface area contributed by atoms with Crippen LogP contribution in [0.5, 0.6) is 0 Å². The van der Waals surface area contributed by atoms with Crippen molar-refractivity contribution in [2.75, 3.05) is 40.6 Å². The molecule has 2 aliphatic heterocycles. The maximum absolute atomic E-state index is 11.2. The van der Waals surface area contributed by atoms with Gasteiger partial charge in [-0.1, -0.05) is 422 Å². The van der Waals surface area contributed by atoms with E-state index in [1.807, 2.05) is 14.2 Å². The van der Waals surface area contributed by atoms with Gasteiger partial charge in [-0.15, -0.1) is 0 Å². The van der Waals surface area contributed by atoms with Crippen molar-refractivity contribution in [3.8, 4) is 0 Å². The van der Waals surface area contributed by atoms with Crippen LogP contribution in [0.3, 0.4) is 0 Å². The van der Waals surface area contributed by atoms with Gasteiger partial charge in [0.2, 0.25) is 0 Å². The zero-order chi connectivity index (χ0) is 106. The predicted octanol–water partition coefficient (Wildman–Crippen LogP) is 43.3. The fraction of sp³-hybridized carbons (Fsp3) is 0.992. The van der Waals surface area contributed by atoms with Crippen molar-refractivity contribution in [2.24, 2.45) is 183 Å². The van der Waals surface area contributed by atoms with Crippen molar-refractivity contribution >= 4 is 5.78 Å². The van der Waals surface area contributed by atoms with E-state index in [1.54, 1.807) is 0 Å². The summed E-state index contributed by atoms with van der Waals surface area (Å²) in [4.78, 5) is 11.2. The number of hydrogen-bond donors (Lipinski definition) is 0. The highest BCUT2D eigenvalue weighted by Gasteiger charge is 2.38. The highest BCUT2D eigenvalue weighted by atomic mass is 16.7. The fourth-order valence-corrected chi connectivity index (χ4v) is 20.5. The molecule has 6 nitrogen and oxygen atoms in total. The van der Waals surface area contributed by atoms with E-state index in [4.69, 9.17) is 23.7 Å². The molecule has 2 aliphatic carbocycles. The molecule has 0 amide bonds. The second-order valence-electron chi connectivity index (χ2n) is 53.8. The lowest BCUT2D eigenvalue weighted by Crippen LogP contribution is -2.32. The lowest BCUT2D eigenvalue weighted by Gasteiger charge is -2.32. The largest absolute Gasteiger partial charge is 0.384 e. The van der Waals surface area contributed by atoms with Crippen molar-refractivity contribution in [1.29, 1.82) is 0 Å². The topological polar surface area (TPSA) is 63.2 Å². The van der Waals surface area contributed by atoms with Crippen LogP contribution in [-0.4, -0.2) is 63.9 Å². The van der Waals surface area contributed by atoms with Crippen LogP contribution in [0.25, 0.3) is 0 Å². The van der Waals surface area contributed by atoms with Gasteiger partial charge < -0.3 is 23.7 Å². The minimum Gasteiger partial charge on any atom is -0.384 e. The molecule has 135 heavy (non-hydrogen) atoms. The summed E-state index contributed by atoms with van der Waals surface area (Å²) in [6, 6.07) is 0. The number of Topliss-reactive ketones (excluding diaryl/α,β-unsaturated/α-hetero) is 1. The summed E-state index contributed by atoms with van der Waals surface area (Å²) in [5.74, 6) is 26.9. The Morgan fingerprint density at radius 3 is 1.01 bits per heavy atom. The first-order valence-electron chi connectivity index (χ1n) is 60.1. The van der Waals surface area contributed by atoms with E-state index in [-0.39, 0.29) is 11.4 Å². The maximum Gasteiger partial charge on any atom is 0.168 e. The number of ether oxygens (including phenoxy) is 5. The molecule has 0 N–H and O–H groups in total. The number of ketones is 1. The molecule has 4 rings (SSSR count). The Morgan fingerprint density at radius 1 is 0.319 bits per heavy atom. The zero-order valence-electron chi connectivity index (χ0n) is 104. The molecule has 9 atom stereocenters. The maximum atomic E-state index is 11.2. The summed E-state index contributed by atoms with van der Waals surface area (Å²) in [7, 11) is 3.63. The highest BCUT2D eigenvalue weighted by molar-refractivity contribution is 5.78.